The Bertz CT molecular complexity index is 1350. The molecule has 0 saturated heterocycles. The van der Waals surface area contributed by atoms with Gasteiger partial charge in [0.25, 0.3) is 5.56 Å². The molecule has 130 valence electrons. The molecule has 2 aromatic carbocycles. The number of halogens is 1. The molecule has 5 aromatic rings. The van der Waals surface area contributed by atoms with Gasteiger partial charge in [0.05, 0.1) is 16.7 Å². The maximum atomic E-state index is 12.8. The van der Waals surface area contributed by atoms with E-state index in [0.717, 1.165) is 16.7 Å². The zero-order valence-corrected chi connectivity index (χ0v) is 14.8. The van der Waals surface area contributed by atoms with E-state index in [4.69, 9.17) is 16.6 Å². The third kappa shape index (κ3) is 2.60. The molecule has 5 nitrogen and oxygen atoms in total. The summed E-state index contributed by atoms with van der Waals surface area (Å²) in [6.07, 6.45) is 1.88. The van der Waals surface area contributed by atoms with Crippen molar-refractivity contribution in [3.63, 3.8) is 0 Å². The van der Waals surface area contributed by atoms with E-state index in [-0.39, 0.29) is 5.56 Å². The van der Waals surface area contributed by atoms with E-state index < -0.39 is 0 Å². The minimum absolute atomic E-state index is 0.255. The number of hydrogen-bond acceptors (Lipinski definition) is 3. The van der Waals surface area contributed by atoms with Crippen molar-refractivity contribution in [1.29, 1.82) is 0 Å². The Morgan fingerprint density at radius 1 is 0.852 bits per heavy atom. The highest BCUT2D eigenvalue weighted by Crippen LogP contribution is 2.31. The van der Waals surface area contributed by atoms with Crippen molar-refractivity contribution in [1.82, 2.24) is 19.4 Å². The van der Waals surface area contributed by atoms with Crippen LogP contribution in [0.4, 0.5) is 0 Å². The average molecular weight is 373 g/mol. The smallest absolute Gasteiger partial charge is 0.276 e. The first-order chi connectivity index (χ1) is 13.2. The van der Waals surface area contributed by atoms with Crippen molar-refractivity contribution in [3.8, 4) is 22.6 Å². The first kappa shape index (κ1) is 15.8. The Morgan fingerprint density at radius 2 is 1.63 bits per heavy atom. The topological polar surface area (TPSA) is 63.0 Å². The lowest BCUT2D eigenvalue weighted by molar-refractivity contribution is 1.14. The van der Waals surface area contributed by atoms with Gasteiger partial charge in [-0.05, 0) is 36.4 Å². The number of imidazole rings is 1. The van der Waals surface area contributed by atoms with Crippen LogP contribution in [-0.4, -0.2) is 19.4 Å². The van der Waals surface area contributed by atoms with Crippen molar-refractivity contribution in [2.75, 3.05) is 0 Å². The van der Waals surface area contributed by atoms with Crippen LogP contribution in [0.3, 0.4) is 0 Å². The molecule has 0 aliphatic rings. The van der Waals surface area contributed by atoms with Gasteiger partial charge >= 0.3 is 0 Å². The number of aromatic amines is 1. The molecule has 6 heteroatoms. The van der Waals surface area contributed by atoms with E-state index in [1.807, 2.05) is 77.3 Å². The average Bonchev–Trinajstić information content (AvgIpc) is 3.07. The molecule has 27 heavy (non-hydrogen) atoms. The van der Waals surface area contributed by atoms with Gasteiger partial charge in [-0.25, -0.2) is 9.97 Å². The van der Waals surface area contributed by atoms with Crippen LogP contribution in [-0.2, 0) is 0 Å². The SMILES string of the molecule is O=c1[nH]c2ccccc2nc1-c1c(-c2ccc(Cl)cc2)nc2ccccn12. The van der Waals surface area contributed by atoms with E-state index in [1.165, 1.54) is 0 Å². The molecule has 0 fully saturated rings. The van der Waals surface area contributed by atoms with Gasteiger partial charge in [0, 0.05) is 16.8 Å². The number of aromatic nitrogens is 4. The Kier molecular flexibility index (Phi) is 3.55. The summed E-state index contributed by atoms with van der Waals surface area (Å²) in [5.41, 5.74) is 4.45. The number of hydrogen-bond donors (Lipinski definition) is 1. The highest BCUT2D eigenvalue weighted by atomic mass is 35.5. The zero-order chi connectivity index (χ0) is 18.4. The van der Waals surface area contributed by atoms with Crippen LogP contribution in [0.5, 0.6) is 0 Å². The summed E-state index contributed by atoms with van der Waals surface area (Å²) in [5, 5.41) is 0.644. The lowest BCUT2D eigenvalue weighted by atomic mass is 10.1. The number of pyridine rings is 1. The maximum Gasteiger partial charge on any atom is 0.276 e. The summed E-state index contributed by atoms with van der Waals surface area (Å²) in [6, 6.07) is 20.6. The van der Waals surface area contributed by atoms with Gasteiger partial charge in [-0.15, -0.1) is 0 Å². The zero-order valence-electron chi connectivity index (χ0n) is 14.1. The van der Waals surface area contributed by atoms with Gasteiger partial charge in [-0.1, -0.05) is 41.9 Å². The second-order valence-electron chi connectivity index (χ2n) is 6.18. The predicted molar refractivity (Wildman–Crippen MR) is 107 cm³/mol. The number of para-hydroxylation sites is 2. The Morgan fingerprint density at radius 3 is 2.48 bits per heavy atom. The first-order valence-corrected chi connectivity index (χ1v) is 8.81. The van der Waals surface area contributed by atoms with Gasteiger partial charge in [0.15, 0.2) is 5.69 Å². The number of H-pyrrole nitrogens is 1. The molecule has 0 amide bonds. The van der Waals surface area contributed by atoms with Gasteiger partial charge in [-0.2, -0.15) is 0 Å². The van der Waals surface area contributed by atoms with Crippen LogP contribution in [0.2, 0.25) is 5.02 Å². The number of nitrogens with zero attached hydrogens (tertiary/aromatic N) is 3. The fraction of sp³-hybridized carbons (Fsp3) is 0. The predicted octanol–water partition coefficient (Wildman–Crippen LogP) is 4.56. The van der Waals surface area contributed by atoms with Crippen LogP contribution >= 0.6 is 11.6 Å². The molecule has 3 aromatic heterocycles. The number of rotatable bonds is 2. The molecule has 5 rings (SSSR count). The molecule has 0 aliphatic heterocycles. The standard InChI is InChI=1S/C21H13ClN4O/c22-14-10-8-13(9-11-14)18-20(26-12-4-3-7-17(26)25-18)19-21(27)24-16-6-2-1-5-15(16)23-19/h1-12H,(H,24,27). The van der Waals surface area contributed by atoms with Crippen molar-refractivity contribution in [3.05, 3.63) is 88.3 Å². The Hall–Kier alpha value is -3.44. The van der Waals surface area contributed by atoms with E-state index in [0.29, 0.717) is 27.6 Å². The van der Waals surface area contributed by atoms with E-state index in [9.17, 15) is 4.79 Å². The monoisotopic (exact) mass is 372 g/mol. The highest BCUT2D eigenvalue weighted by Gasteiger charge is 2.20. The second-order valence-corrected chi connectivity index (χ2v) is 6.61. The van der Waals surface area contributed by atoms with Crippen molar-refractivity contribution < 1.29 is 0 Å². The van der Waals surface area contributed by atoms with Crippen LogP contribution in [0.1, 0.15) is 0 Å². The van der Waals surface area contributed by atoms with E-state index >= 15 is 0 Å². The fourth-order valence-electron chi connectivity index (χ4n) is 3.22. The number of benzene rings is 2. The molecule has 3 heterocycles. The normalized spacial score (nSPS) is 11.3. The minimum Gasteiger partial charge on any atom is -0.319 e. The third-order valence-electron chi connectivity index (χ3n) is 4.47. The number of nitrogens with one attached hydrogen (secondary N) is 1. The van der Waals surface area contributed by atoms with Crippen molar-refractivity contribution in [2.45, 2.75) is 0 Å². The number of fused-ring (bicyclic) bond motifs is 2. The maximum absolute atomic E-state index is 12.8. The van der Waals surface area contributed by atoms with Crippen LogP contribution in [0, 0.1) is 0 Å². The molecule has 1 N–H and O–H groups in total. The third-order valence-corrected chi connectivity index (χ3v) is 4.72. The van der Waals surface area contributed by atoms with Crippen LogP contribution in [0.15, 0.2) is 77.7 Å². The lowest BCUT2D eigenvalue weighted by Gasteiger charge is -2.06. The van der Waals surface area contributed by atoms with Crippen molar-refractivity contribution >= 4 is 28.3 Å². The largest absolute Gasteiger partial charge is 0.319 e. The van der Waals surface area contributed by atoms with Gasteiger partial charge in [0.2, 0.25) is 0 Å². The molecule has 0 spiro atoms. The van der Waals surface area contributed by atoms with E-state index in [2.05, 4.69) is 9.97 Å². The second kappa shape index (κ2) is 6.07. The minimum atomic E-state index is -0.255. The highest BCUT2D eigenvalue weighted by molar-refractivity contribution is 6.30. The molecular formula is C21H13ClN4O. The summed E-state index contributed by atoms with van der Waals surface area (Å²) < 4.78 is 1.89. The summed E-state index contributed by atoms with van der Waals surface area (Å²) in [6.45, 7) is 0. The summed E-state index contributed by atoms with van der Waals surface area (Å²) in [5.74, 6) is 0. The fourth-order valence-corrected chi connectivity index (χ4v) is 3.35. The first-order valence-electron chi connectivity index (χ1n) is 8.43. The van der Waals surface area contributed by atoms with Gasteiger partial charge in [-0.3, -0.25) is 9.20 Å². The molecule has 0 aliphatic carbocycles. The molecule has 0 unspecified atom stereocenters. The van der Waals surface area contributed by atoms with Crippen LogP contribution in [0.25, 0.3) is 39.3 Å². The molecule has 0 atom stereocenters. The van der Waals surface area contributed by atoms with Gasteiger partial charge < -0.3 is 4.98 Å². The van der Waals surface area contributed by atoms with Crippen molar-refractivity contribution in [2.24, 2.45) is 0 Å². The lowest BCUT2D eigenvalue weighted by Crippen LogP contribution is -2.13. The van der Waals surface area contributed by atoms with Gasteiger partial charge in [0.1, 0.15) is 11.3 Å². The molecular weight excluding hydrogens is 360 g/mol. The van der Waals surface area contributed by atoms with Crippen LogP contribution < -0.4 is 5.56 Å². The summed E-state index contributed by atoms with van der Waals surface area (Å²) in [7, 11) is 0. The quantitative estimate of drug-likeness (QED) is 0.494. The molecule has 0 saturated carbocycles. The van der Waals surface area contributed by atoms with E-state index in [1.54, 1.807) is 0 Å². The molecule has 0 bridgehead atoms. The Labute approximate surface area is 158 Å². The molecule has 0 radical (unpaired) electrons. The summed E-state index contributed by atoms with van der Waals surface area (Å²) in [4.78, 5) is 25.1. The summed E-state index contributed by atoms with van der Waals surface area (Å²) >= 11 is 6.03. The Balaban J connectivity index is 1.87.